The van der Waals surface area contributed by atoms with Crippen molar-refractivity contribution in [3.8, 4) is 0 Å². The van der Waals surface area contributed by atoms with Crippen LogP contribution < -0.4 is 0 Å². The molecule has 0 saturated carbocycles. The molecule has 194 valence electrons. The van der Waals surface area contributed by atoms with E-state index < -0.39 is 17.5 Å². The summed E-state index contributed by atoms with van der Waals surface area (Å²) in [6, 6.07) is 9.75. The molecule has 0 aliphatic heterocycles. The van der Waals surface area contributed by atoms with E-state index in [-0.39, 0.29) is 17.8 Å². The van der Waals surface area contributed by atoms with Gasteiger partial charge in [-0.1, -0.05) is 91.6 Å². The van der Waals surface area contributed by atoms with Crippen molar-refractivity contribution in [3.63, 3.8) is 0 Å². The van der Waals surface area contributed by atoms with Crippen molar-refractivity contribution < 1.29 is 33.9 Å². The number of hydrogen-bond donors (Lipinski definition) is 0. The molecule has 0 heterocycles. The molecule has 34 heavy (non-hydrogen) atoms. The molecule has 1 aromatic rings. The lowest BCUT2D eigenvalue weighted by Crippen LogP contribution is -2.23. The zero-order valence-corrected chi connectivity index (χ0v) is 22.4. The highest BCUT2D eigenvalue weighted by Gasteiger charge is 2.24. The average Bonchev–Trinajstić information content (AvgIpc) is 2.75. The number of hydrogen-bond acceptors (Lipinski definition) is 7. The van der Waals surface area contributed by atoms with E-state index >= 15 is 0 Å². The second-order valence-electron chi connectivity index (χ2n) is 10.7. The molecule has 0 aliphatic rings. The summed E-state index contributed by atoms with van der Waals surface area (Å²) >= 11 is 0. The van der Waals surface area contributed by atoms with Gasteiger partial charge in [0.1, 0.15) is 5.60 Å². The van der Waals surface area contributed by atoms with Gasteiger partial charge >= 0.3 is 17.9 Å². The van der Waals surface area contributed by atoms with Crippen LogP contribution in [0.5, 0.6) is 0 Å². The van der Waals surface area contributed by atoms with Crippen molar-refractivity contribution in [1.82, 2.24) is 0 Å². The Morgan fingerprint density at radius 1 is 0.735 bits per heavy atom. The molecule has 0 amide bonds. The number of carbonyl (C=O) groups excluding carboxylic acids is 3. The van der Waals surface area contributed by atoms with Crippen LogP contribution in [-0.4, -0.2) is 17.9 Å². The van der Waals surface area contributed by atoms with Gasteiger partial charge in [0.2, 0.25) is 0 Å². The second-order valence-corrected chi connectivity index (χ2v) is 10.7. The van der Waals surface area contributed by atoms with E-state index in [9.17, 15) is 14.4 Å². The van der Waals surface area contributed by atoms with Gasteiger partial charge in [-0.25, -0.2) is 24.2 Å². The van der Waals surface area contributed by atoms with Gasteiger partial charge < -0.3 is 0 Å². The third-order valence-corrected chi connectivity index (χ3v) is 4.77. The Morgan fingerprint density at radius 2 is 1.24 bits per heavy atom. The van der Waals surface area contributed by atoms with Gasteiger partial charge in [0, 0.05) is 6.42 Å². The van der Waals surface area contributed by atoms with E-state index in [1.807, 2.05) is 44.2 Å². The zero-order chi connectivity index (χ0) is 26.4. The van der Waals surface area contributed by atoms with E-state index in [2.05, 4.69) is 30.5 Å². The van der Waals surface area contributed by atoms with Gasteiger partial charge in [0.25, 0.3) is 0 Å². The van der Waals surface area contributed by atoms with Gasteiger partial charge in [-0.15, -0.1) is 0 Å². The molecule has 7 heteroatoms. The van der Waals surface area contributed by atoms with Crippen molar-refractivity contribution in [2.24, 2.45) is 17.3 Å². The first-order chi connectivity index (χ1) is 15.7. The van der Waals surface area contributed by atoms with Crippen molar-refractivity contribution in [2.45, 2.75) is 100 Å². The molecule has 0 N–H and O–H groups in total. The van der Waals surface area contributed by atoms with Crippen LogP contribution in [0.1, 0.15) is 100.0 Å². The summed E-state index contributed by atoms with van der Waals surface area (Å²) < 4.78 is 0. The first-order valence-electron chi connectivity index (χ1n) is 12.0. The summed E-state index contributed by atoms with van der Waals surface area (Å²) in [6.07, 6.45) is 4.64. The number of rotatable bonds is 10. The summed E-state index contributed by atoms with van der Waals surface area (Å²) in [6.45, 7) is 17.1. The first kappa shape index (κ1) is 31.6. The molecule has 1 rings (SSSR count). The molecule has 1 aromatic carbocycles. The fourth-order valence-electron chi connectivity index (χ4n) is 2.46. The predicted octanol–water partition coefficient (Wildman–Crippen LogP) is 6.69. The van der Waals surface area contributed by atoms with Crippen molar-refractivity contribution >= 4 is 17.9 Å². The van der Waals surface area contributed by atoms with Gasteiger partial charge in [0.05, 0.1) is 11.8 Å². The Bertz CT molecular complexity index is 711. The zero-order valence-electron chi connectivity index (χ0n) is 22.4. The maximum Gasteiger partial charge on any atom is 0.358 e. The number of unbranched alkanes of at least 4 members (excludes halogenated alkanes) is 2. The molecule has 0 aromatic heterocycles. The molecule has 0 fully saturated rings. The van der Waals surface area contributed by atoms with E-state index in [0.29, 0.717) is 11.8 Å². The van der Waals surface area contributed by atoms with Crippen LogP contribution in [0.25, 0.3) is 0 Å². The average molecular weight is 481 g/mol. The highest BCUT2D eigenvalue weighted by Crippen LogP contribution is 2.25. The number of benzene rings is 1. The first-order valence-corrected chi connectivity index (χ1v) is 12.0. The molecule has 0 radical (unpaired) electrons. The Labute approximate surface area is 205 Å². The molecule has 0 atom stereocenters. The second kappa shape index (κ2) is 15.5. The minimum Gasteiger partial charge on any atom is -0.297 e. The quantitative estimate of drug-likeness (QED) is 0.209. The molecular weight excluding hydrogens is 436 g/mol. The Kier molecular flexibility index (Phi) is 14.4. The lowest BCUT2D eigenvalue weighted by molar-refractivity contribution is -0.329. The van der Waals surface area contributed by atoms with Gasteiger partial charge in [-0.2, -0.15) is 4.89 Å². The summed E-state index contributed by atoms with van der Waals surface area (Å²) in [7, 11) is 0. The maximum absolute atomic E-state index is 11.7. The van der Waals surface area contributed by atoms with Crippen LogP contribution in [0.2, 0.25) is 0 Å². The van der Waals surface area contributed by atoms with E-state index in [4.69, 9.17) is 9.78 Å². The SMILES string of the molecule is CC(C)(C)CCCCCC(=O)OOC(C)(C)c1ccccc1.CC(C)C(=O)OOC(=O)C(C)C. The fraction of sp³-hybridized carbons (Fsp3) is 0.667. The van der Waals surface area contributed by atoms with Crippen LogP contribution in [0.3, 0.4) is 0 Å². The van der Waals surface area contributed by atoms with Crippen LogP contribution >= 0.6 is 0 Å². The van der Waals surface area contributed by atoms with E-state index in [1.165, 1.54) is 6.42 Å². The lowest BCUT2D eigenvalue weighted by atomic mass is 9.89. The van der Waals surface area contributed by atoms with E-state index in [1.54, 1.807) is 27.7 Å². The van der Waals surface area contributed by atoms with Gasteiger partial charge in [-0.05, 0) is 37.7 Å². The molecule has 0 bridgehead atoms. The summed E-state index contributed by atoms with van der Waals surface area (Å²) in [5, 5.41) is 0. The minimum absolute atomic E-state index is 0.287. The Hall–Kier alpha value is -2.41. The summed E-state index contributed by atoms with van der Waals surface area (Å²) in [4.78, 5) is 52.1. The smallest absolute Gasteiger partial charge is 0.297 e. The molecule has 7 nitrogen and oxygen atoms in total. The standard InChI is InChI=1S/C19H30O3.C8H14O4/c1-18(2,3)15-11-7-10-14-17(20)21-22-19(4,5)16-12-8-6-9-13-16;1-5(2)7(9)11-12-8(10)6(3)4/h6,8-9,12-13H,7,10-11,14-15H2,1-5H3;5-6H,1-4H3. The molecule has 0 unspecified atom stereocenters. The highest BCUT2D eigenvalue weighted by molar-refractivity contribution is 5.74. The Balaban J connectivity index is 0.000000770. The largest absolute Gasteiger partial charge is 0.358 e. The lowest BCUT2D eigenvalue weighted by Gasteiger charge is -2.23. The van der Waals surface area contributed by atoms with Crippen LogP contribution in [0, 0.1) is 17.3 Å². The molecule has 0 spiro atoms. The molecule has 0 aliphatic carbocycles. The van der Waals surface area contributed by atoms with E-state index in [0.717, 1.165) is 24.8 Å². The van der Waals surface area contributed by atoms with Crippen molar-refractivity contribution in [3.05, 3.63) is 35.9 Å². The maximum atomic E-state index is 11.7. The topological polar surface area (TPSA) is 88.1 Å². The van der Waals surface area contributed by atoms with Crippen molar-refractivity contribution in [2.75, 3.05) is 0 Å². The molecular formula is C27H44O7. The van der Waals surface area contributed by atoms with Crippen LogP contribution in [0.15, 0.2) is 30.3 Å². The third kappa shape index (κ3) is 15.4. The minimum atomic E-state index is -0.636. The van der Waals surface area contributed by atoms with Gasteiger partial charge in [-0.3, -0.25) is 4.89 Å². The fourth-order valence-corrected chi connectivity index (χ4v) is 2.46. The normalized spacial score (nSPS) is 11.5. The summed E-state index contributed by atoms with van der Waals surface area (Å²) in [5.41, 5.74) is 0.708. The van der Waals surface area contributed by atoms with Gasteiger partial charge in [0.15, 0.2) is 0 Å². The van der Waals surface area contributed by atoms with Crippen LogP contribution in [0.4, 0.5) is 0 Å². The van der Waals surface area contributed by atoms with Crippen molar-refractivity contribution in [1.29, 1.82) is 0 Å². The number of carbonyl (C=O) groups is 3. The highest BCUT2D eigenvalue weighted by atomic mass is 17.2. The monoisotopic (exact) mass is 480 g/mol. The van der Waals surface area contributed by atoms with Crippen LogP contribution in [-0.2, 0) is 39.5 Å². The predicted molar refractivity (Wildman–Crippen MR) is 131 cm³/mol. The summed E-state index contributed by atoms with van der Waals surface area (Å²) in [5.74, 6) is -1.94. The third-order valence-electron chi connectivity index (χ3n) is 4.77. The Morgan fingerprint density at radius 3 is 1.68 bits per heavy atom. The molecule has 0 saturated heterocycles.